The van der Waals surface area contributed by atoms with E-state index in [9.17, 15) is 13.2 Å². The van der Waals surface area contributed by atoms with Gasteiger partial charge < -0.3 is 10.1 Å². The Balaban J connectivity index is 1.41. The molecule has 9 nitrogen and oxygen atoms in total. The lowest BCUT2D eigenvalue weighted by Crippen LogP contribution is -2.51. The molecule has 3 aliphatic rings. The van der Waals surface area contributed by atoms with Gasteiger partial charge in [-0.3, -0.25) is 4.79 Å². The SMILES string of the molecule is COC(=O)C1C2CCC(CC2)C1Nc1cc(-c2ccccc2)nc(-c2cn(S(=O)(=O)c3ccc(C)cc3)c3ncc(F)c(C)c23)n1. The van der Waals surface area contributed by atoms with Crippen LogP contribution in [0.2, 0.25) is 0 Å². The molecule has 2 bridgehead atoms. The number of nitrogens with zero attached hydrogens (tertiary/aromatic N) is 4. The van der Waals surface area contributed by atoms with Crippen molar-refractivity contribution in [1.82, 2.24) is 18.9 Å². The summed E-state index contributed by atoms with van der Waals surface area (Å²) in [7, 11) is -2.69. The summed E-state index contributed by atoms with van der Waals surface area (Å²) in [5.41, 5.74) is 2.96. The molecule has 46 heavy (non-hydrogen) atoms. The summed E-state index contributed by atoms with van der Waals surface area (Å²) in [5.74, 6) is 0.0823. The Morgan fingerprint density at radius 2 is 1.67 bits per heavy atom. The molecule has 0 saturated heterocycles. The van der Waals surface area contributed by atoms with Crippen LogP contribution in [0, 0.1) is 37.4 Å². The Hall–Kier alpha value is -4.64. The van der Waals surface area contributed by atoms with Crippen molar-refractivity contribution in [2.45, 2.75) is 50.5 Å². The fourth-order valence-corrected chi connectivity index (χ4v) is 8.49. The molecule has 2 unspecified atom stereocenters. The molecule has 3 aromatic heterocycles. The molecule has 0 amide bonds. The number of hydrogen-bond acceptors (Lipinski definition) is 8. The van der Waals surface area contributed by atoms with Gasteiger partial charge in [0, 0.05) is 34.8 Å². The molecule has 0 radical (unpaired) electrons. The molecule has 0 aliphatic heterocycles. The average Bonchev–Trinajstić information content (AvgIpc) is 3.48. The number of esters is 1. The van der Waals surface area contributed by atoms with Crippen LogP contribution in [0.3, 0.4) is 0 Å². The van der Waals surface area contributed by atoms with Crippen molar-refractivity contribution in [2.75, 3.05) is 12.4 Å². The van der Waals surface area contributed by atoms with E-state index in [1.54, 1.807) is 19.1 Å². The van der Waals surface area contributed by atoms with E-state index in [0.717, 1.165) is 47.0 Å². The molecule has 3 saturated carbocycles. The van der Waals surface area contributed by atoms with Crippen LogP contribution in [0.15, 0.2) is 78.0 Å². The first-order valence-electron chi connectivity index (χ1n) is 15.4. The van der Waals surface area contributed by atoms with Gasteiger partial charge in [0.25, 0.3) is 10.0 Å². The Morgan fingerprint density at radius 1 is 0.978 bits per heavy atom. The minimum atomic E-state index is -4.11. The summed E-state index contributed by atoms with van der Waals surface area (Å²) in [6, 6.07) is 17.7. The summed E-state index contributed by atoms with van der Waals surface area (Å²) < 4.78 is 49.3. The second-order valence-electron chi connectivity index (χ2n) is 12.3. The molecular formula is C35H34FN5O4S. The van der Waals surface area contributed by atoms with E-state index in [4.69, 9.17) is 14.7 Å². The van der Waals surface area contributed by atoms with Gasteiger partial charge in [-0.15, -0.1) is 0 Å². The molecule has 3 heterocycles. The lowest BCUT2D eigenvalue weighted by molar-refractivity contribution is -0.152. The Morgan fingerprint density at radius 3 is 2.37 bits per heavy atom. The van der Waals surface area contributed by atoms with Crippen molar-refractivity contribution in [1.29, 1.82) is 0 Å². The van der Waals surface area contributed by atoms with Crippen LogP contribution in [-0.2, 0) is 19.6 Å². The number of aryl methyl sites for hydroxylation is 2. The molecule has 0 spiro atoms. The molecular weight excluding hydrogens is 605 g/mol. The maximum absolute atomic E-state index is 15.1. The van der Waals surface area contributed by atoms with Gasteiger partial charge in [-0.25, -0.2) is 31.7 Å². The summed E-state index contributed by atoms with van der Waals surface area (Å²) >= 11 is 0. The Labute approximate surface area is 266 Å². The standard InChI is InChI=1S/C35H34FN5O4S/c1-20-9-15-25(16-10-20)46(43,44)41-19-26(30-21(2)27(36)18-37-34(30)41)33-38-28(22-7-5-4-6-8-22)17-29(40-33)39-32-24-13-11-23(12-14-24)31(32)35(42)45-3/h4-10,15-19,23-24,31-32H,11-14H2,1-3H3,(H,38,39,40). The van der Waals surface area contributed by atoms with Crippen molar-refractivity contribution >= 4 is 32.8 Å². The summed E-state index contributed by atoms with van der Waals surface area (Å²) in [6.45, 7) is 3.47. The van der Waals surface area contributed by atoms with Crippen LogP contribution in [0.1, 0.15) is 36.8 Å². The van der Waals surface area contributed by atoms with E-state index in [-0.39, 0.29) is 51.7 Å². The number of benzene rings is 2. The van der Waals surface area contributed by atoms with Crippen LogP contribution in [-0.4, -0.2) is 46.5 Å². The van der Waals surface area contributed by atoms with Gasteiger partial charge >= 0.3 is 5.97 Å². The Bertz CT molecular complexity index is 2060. The molecule has 3 aliphatic carbocycles. The van der Waals surface area contributed by atoms with E-state index in [2.05, 4.69) is 10.3 Å². The van der Waals surface area contributed by atoms with Gasteiger partial charge in [0.05, 0.1) is 29.8 Å². The number of halogens is 1. The van der Waals surface area contributed by atoms with E-state index in [1.165, 1.54) is 25.4 Å². The topological polar surface area (TPSA) is 116 Å². The zero-order chi connectivity index (χ0) is 32.2. The third-order valence-corrected chi connectivity index (χ3v) is 11.3. The van der Waals surface area contributed by atoms with E-state index < -0.39 is 15.8 Å². The molecule has 5 aromatic rings. The minimum Gasteiger partial charge on any atom is -0.469 e. The van der Waals surface area contributed by atoms with Crippen molar-refractivity contribution in [2.24, 2.45) is 17.8 Å². The van der Waals surface area contributed by atoms with Gasteiger partial charge in [-0.2, -0.15) is 0 Å². The number of carbonyl (C=O) groups excluding carboxylic acids is 1. The minimum absolute atomic E-state index is 0.0767. The molecule has 2 atom stereocenters. The molecule has 3 fully saturated rings. The number of carbonyl (C=O) groups is 1. The van der Waals surface area contributed by atoms with Gasteiger partial charge in [0.15, 0.2) is 11.5 Å². The highest BCUT2D eigenvalue weighted by Crippen LogP contribution is 2.47. The molecule has 1 N–H and O–H groups in total. The smallest absolute Gasteiger partial charge is 0.311 e. The van der Waals surface area contributed by atoms with Crippen LogP contribution in [0.5, 0.6) is 0 Å². The van der Waals surface area contributed by atoms with E-state index in [0.29, 0.717) is 22.5 Å². The highest BCUT2D eigenvalue weighted by atomic mass is 32.2. The zero-order valence-electron chi connectivity index (χ0n) is 25.8. The number of nitrogens with one attached hydrogen (secondary N) is 1. The quantitative estimate of drug-likeness (QED) is 0.200. The molecule has 236 valence electrons. The third kappa shape index (κ3) is 5.12. The van der Waals surface area contributed by atoms with E-state index >= 15 is 4.39 Å². The normalized spacial score (nSPS) is 21.0. The summed E-state index contributed by atoms with van der Waals surface area (Å²) in [6.07, 6.45) is 6.44. The van der Waals surface area contributed by atoms with Crippen molar-refractivity contribution in [3.63, 3.8) is 0 Å². The average molecular weight is 640 g/mol. The van der Waals surface area contributed by atoms with Gasteiger partial charge in [-0.1, -0.05) is 48.0 Å². The van der Waals surface area contributed by atoms with Crippen LogP contribution in [0.25, 0.3) is 33.7 Å². The van der Waals surface area contributed by atoms with Gasteiger partial charge in [-0.05, 0) is 69.1 Å². The van der Waals surface area contributed by atoms with Crippen LogP contribution in [0.4, 0.5) is 10.2 Å². The number of fused-ring (bicyclic) bond motifs is 4. The lowest BCUT2D eigenvalue weighted by Gasteiger charge is -2.47. The lowest BCUT2D eigenvalue weighted by atomic mass is 9.61. The van der Waals surface area contributed by atoms with Crippen molar-refractivity contribution in [3.8, 4) is 22.6 Å². The molecule has 11 heteroatoms. The highest BCUT2D eigenvalue weighted by molar-refractivity contribution is 7.90. The largest absolute Gasteiger partial charge is 0.469 e. The van der Waals surface area contributed by atoms with Crippen LogP contribution < -0.4 is 5.32 Å². The third-order valence-electron chi connectivity index (χ3n) is 9.60. The monoisotopic (exact) mass is 639 g/mol. The number of aromatic nitrogens is 4. The van der Waals surface area contributed by atoms with Crippen LogP contribution >= 0.6 is 0 Å². The predicted molar refractivity (Wildman–Crippen MR) is 173 cm³/mol. The Kier molecular flexibility index (Phi) is 7.59. The number of pyridine rings is 1. The van der Waals surface area contributed by atoms with E-state index in [1.807, 2.05) is 43.3 Å². The fourth-order valence-electron chi connectivity index (χ4n) is 7.18. The summed E-state index contributed by atoms with van der Waals surface area (Å²) in [5, 5.41) is 3.88. The second kappa shape index (κ2) is 11.6. The number of hydrogen-bond donors (Lipinski definition) is 1. The fraction of sp³-hybridized carbons (Fsp3) is 0.314. The number of rotatable bonds is 7. The first-order chi connectivity index (χ1) is 22.2. The molecule has 8 rings (SSSR count). The number of ether oxygens (including phenoxy) is 1. The zero-order valence-corrected chi connectivity index (χ0v) is 26.6. The van der Waals surface area contributed by atoms with Gasteiger partial charge in [0.1, 0.15) is 11.6 Å². The predicted octanol–water partition coefficient (Wildman–Crippen LogP) is 6.54. The number of methoxy groups -OCH3 is 1. The first kappa shape index (κ1) is 30.0. The first-order valence-corrected chi connectivity index (χ1v) is 16.9. The van der Waals surface area contributed by atoms with Gasteiger partial charge in [0.2, 0.25) is 0 Å². The highest BCUT2D eigenvalue weighted by Gasteiger charge is 2.48. The number of anilines is 1. The van der Waals surface area contributed by atoms with Crippen molar-refractivity contribution < 1.29 is 22.3 Å². The summed E-state index contributed by atoms with van der Waals surface area (Å²) in [4.78, 5) is 27.1. The van der Waals surface area contributed by atoms with Crippen molar-refractivity contribution in [3.05, 3.63) is 90.0 Å². The molecule has 2 aromatic carbocycles. The maximum atomic E-state index is 15.1. The second-order valence-corrected chi connectivity index (χ2v) is 14.1. The maximum Gasteiger partial charge on any atom is 0.311 e.